The minimum atomic E-state index is -0.256. The quantitative estimate of drug-likeness (QED) is 0.639. The first-order valence-corrected chi connectivity index (χ1v) is 10.5. The van der Waals surface area contributed by atoms with E-state index in [9.17, 15) is 9.59 Å². The summed E-state index contributed by atoms with van der Waals surface area (Å²) in [5.41, 5.74) is 2.21. The highest BCUT2D eigenvalue weighted by atomic mass is 16.5. The summed E-state index contributed by atoms with van der Waals surface area (Å²) < 4.78 is 14.0. The van der Waals surface area contributed by atoms with Crippen molar-refractivity contribution in [3.8, 4) is 11.5 Å². The number of aromatic nitrogens is 2. The molecule has 1 aliphatic rings. The maximum absolute atomic E-state index is 13.6. The van der Waals surface area contributed by atoms with Crippen molar-refractivity contribution in [1.29, 1.82) is 0 Å². The minimum absolute atomic E-state index is 0.0555. The molecule has 1 aliphatic carbocycles. The maximum Gasteiger partial charge on any atom is 0.332 e. The van der Waals surface area contributed by atoms with Crippen LogP contribution in [0, 0.1) is 6.92 Å². The van der Waals surface area contributed by atoms with Gasteiger partial charge in [-0.1, -0.05) is 49.1 Å². The molecule has 0 saturated heterocycles. The van der Waals surface area contributed by atoms with E-state index in [0.717, 1.165) is 43.2 Å². The van der Waals surface area contributed by atoms with Crippen LogP contribution in [0.1, 0.15) is 49.3 Å². The summed E-state index contributed by atoms with van der Waals surface area (Å²) in [6.45, 7) is 2.42. The van der Waals surface area contributed by atoms with Crippen LogP contribution in [0.3, 0.4) is 0 Å². The highest BCUT2D eigenvalue weighted by Crippen LogP contribution is 2.32. The smallest absolute Gasteiger partial charge is 0.332 e. The monoisotopic (exact) mass is 408 g/mol. The zero-order valence-electron chi connectivity index (χ0n) is 17.8. The van der Waals surface area contributed by atoms with Crippen molar-refractivity contribution in [2.45, 2.75) is 51.6 Å². The Labute approximate surface area is 175 Å². The second kappa shape index (κ2) is 8.38. The van der Waals surface area contributed by atoms with Crippen molar-refractivity contribution in [3.05, 3.63) is 68.4 Å². The molecule has 4 rings (SSSR count). The lowest BCUT2D eigenvalue weighted by molar-refractivity contribution is 0.332. The van der Waals surface area contributed by atoms with Crippen LogP contribution in [0.15, 0.2) is 46.0 Å². The number of fused-ring (bicyclic) bond motifs is 1. The second-order valence-corrected chi connectivity index (χ2v) is 8.05. The van der Waals surface area contributed by atoms with Crippen molar-refractivity contribution in [2.75, 3.05) is 14.2 Å². The molecule has 0 bridgehead atoms. The van der Waals surface area contributed by atoms with Gasteiger partial charge in [-0.3, -0.25) is 13.9 Å². The first-order valence-electron chi connectivity index (χ1n) is 10.5. The number of nitrogens with zero attached hydrogens (tertiary/aromatic N) is 2. The molecule has 0 N–H and O–H groups in total. The van der Waals surface area contributed by atoms with Crippen molar-refractivity contribution < 1.29 is 9.47 Å². The molecule has 1 heterocycles. The van der Waals surface area contributed by atoms with Gasteiger partial charge in [0.15, 0.2) is 11.5 Å². The zero-order valence-corrected chi connectivity index (χ0v) is 17.8. The summed E-state index contributed by atoms with van der Waals surface area (Å²) in [5, 5.41) is 0.477. The molecule has 0 atom stereocenters. The van der Waals surface area contributed by atoms with Gasteiger partial charge in [-0.25, -0.2) is 4.79 Å². The van der Waals surface area contributed by atoms with Crippen LogP contribution in [0.25, 0.3) is 10.9 Å². The van der Waals surface area contributed by atoms with Gasteiger partial charge in [0.25, 0.3) is 5.56 Å². The van der Waals surface area contributed by atoms with Crippen LogP contribution < -0.4 is 20.7 Å². The Balaban J connectivity index is 2.00. The van der Waals surface area contributed by atoms with Gasteiger partial charge in [0.1, 0.15) is 0 Å². The largest absolute Gasteiger partial charge is 0.493 e. The minimum Gasteiger partial charge on any atom is -0.493 e. The van der Waals surface area contributed by atoms with E-state index in [4.69, 9.17) is 9.47 Å². The fourth-order valence-corrected chi connectivity index (χ4v) is 4.52. The van der Waals surface area contributed by atoms with Gasteiger partial charge in [-0.15, -0.1) is 0 Å². The molecule has 0 unspecified atom stereocenters. The highest BCUT2D eigenvalue weighted by Gasteiger charge is 2.23. The summed E-state index contributed by atoms with van der Waals surface area (Å²) in [6.07, 6.45) is 4.95. The van der Waals surface area contributed by atoms with Crippen LogP contribution in [0.5, 0.6) is 11.5 Å². The number of rotatable bonds is 5. The molecule has 1 fully saturated rings. The van der Waals surface area contributed by atoms with Gasteiger partial charge < -0.3 is 9.47 Å². The number of ether oxygens (including phenoxy) is 2. The lowest BCUT2D eigenvalue weighted by Gasteiger charge is -2.25. The number of aryl methyl sites for hydroxylation is 1. The topological polar surface area (TPSA) is 62.5 Å². The van der Waals surface area contributed by atoms with Gasteiger partial charge in [0.2, 0.25) is 0 Å². The summed E-state index contributed by atoms with van der Waals surface area (Å²) in [5.74, 6) is 0.982. The lowest BCUT2D eigenvalue weighted by Crippen LogP contribution is -2.43. The molecular formula is C24H28N2O4. The van der Waals surface area contributed by atoms with E-state index in [2.05, 4.69) is 6.07 Å². The van der Waals surface area contributed by atoms with Gasteiger partial charge in [0, 0.05) is 12.1 Å². The lowest BCUT2D eigenvalue weighted by atomic mass is 9.95. The van der Waals surface area contributed by atoms with Crippen molar-refractivity contribution in [1.82, 2.24) is 9.13 Å². The first-order chi connectivity index (χ1) is 14.5. The van der Waals surface area contributed by atoms with E-state index in [-0.39, 0.29) is 17.3 Å². The Morgan fingerprint density at radius 1 is 0.967 bits per heavy atom. The van der Waals surface area contributed by atoms with Crippen LogP contribution in [0.4, 0.5) is 0 Å². The van der Waals surface area contributed by atoms with Crippen molar-refractivity contribution in [3.63, 3.8) is 0 Å². The Hall–Kier alpha value is -3.02. The summed E-state index contributed by atoms with van der Waals surface area (Å²) in [6, 6.07) is 11.5. The second-order valence-electron chi connectivity index (χ2n) is 8.05. The maximum atomic E-state index is 13.6. The zero-order chi connectivity index (χ0) is 21.3. The molecule has 0 amide bonds. The van der Waals surface area contributed by atoms with Crippen LogP contribution in [-0.4, -0.2) is 23.4 Å². The number of hydrogen-bond donors (Lipinski definition) is 0. The fourth-order valence-electron chi connectivity index (χ4n) is 4.52. The molecule has 158 valence electrons. The van der Waals surface area contributed by atoms with Crippen molar-refractivity contribution >= 4 is 10.9 Å². The van der Waals surface area contributed by atoms with E-state index in [1.165, 1.54) is 4.57 Å². The van der Waals surface area contributed by atoms with Crippen LogP contribution in [-0.2, 0) is 6.54 Å². The molecule has 6 heteroatoms. The number of hydrogen-bond acceptors (Lipinski definition) is 4. The molecule has 1 saturated carbocycles. The van der Waals surface area contributed by atoms with Crippen LogP contribution >= 0.6 is 0 Å². The van der Waals surface area contributed by atoms with Gasteiger partial charge in [-0.05, 0) is 31.4 Å². The Morgan fingerprint density at radius 3 is 2.33 bits per heavy atom. The summed E-state index contributed by atoms with van der Waals surface area (Å²) >= 11 is 0. The Bertz CT molecular complexity index is 1190. The van der Waals surface area contributed by atoms with E-state index < -0.39 is 0 Å². The predicted molar refractivity (Wildman–Crippen MR) is 118 cm³/mol. The standard InChI is InChI=1S/C24H28N2O4/c1-16-8-7-9-17(12-16)15-25-20-14-22(30-3)21(29-2)13-19(20)23(27)26(24(25)28)18-10-5-4-6-11-18/h7-9,12-14,18H,4-6,10-11,15H2,1-3H3. The molecule has 0 aliphatic heterocycles. The normalized spacial score (nSPS) is 14.8. The highest BCUT2D eigenvalue weighted by molar-refractivity contribution is 5.82. The predicted octanol–water partition coefficient (Wildman–Crippen LogP) is 4.04. The van der Waals surface area contributed by atoms with Gasteiger partial charge in [-0.2, -0.15) is 0 Å². The van der Waals surface area contributed by atoms with Crippen molar-refractivity contribution in [2.24, 2.45) is 0 Å². The number of methoxy groups -OCH3 is 2. The third kappa shape index (κ3) is 3.62. The fraction of sp³-hybridized carbons (Fsp3) is 0.417. The third-order valence-electron chi connectivity index (χ3n) is 6.04. The van der Waals surface area contributed by atoms with Gasteiger partial charge >= 0.3 is 5.69 Å². The van der Waals surface area contributed by atoms with E-state index in [1.54, 1.807) is 30.9 Å². The van der Waals surface area contributed by atoms with E-state index >= 15 is 0 Å². The molecule has 2 aromatic carbocycles. The molecule has 0 spiro atoms. The average Bonchev–Trinajstić information content (AvgIpc) is 2.76. The van der Waals surface area contributed by atoms with Gasteiger partial charge in [0.05, 0.1) is 31.7 Å². The summed E-state index contributed by atoms with van der Waals surface area (Å²) in [4.78, 5) is 27.0. The molecule has 1 aromatic heterocycles. The molecule has 0 radical (unpaired) electrons. The van der Waals surface area contributed by atoms with Crippen LogP contribution in [0.2, 0.25) is 0 Å². The SMILES string of the molecule is COc1cc2c(=O)n(C3CCCCC3)c(=O)n(Cc3cccc(C)c3)c2cc1OC. The third-order valence-corrected chi connectivity index (χ3v) is 6.04. The number of benzene rings is 2. The average molecular weight is 408 g/mol. The Morgan fingerprint density at radius 2 is 1.67 bits per heavy atom. The molecule has 3 aromatic rings. The Kier molecular flexibility index (Phi) is 5.66. The molecule has 6 nitrogen and oxygen atoms in total. The van der Waals surface area contributed by atoms with E-state index in [1.807, 2.05) is 25.1 Å². The van der Waals surface area contributed by atoms with E-state index in [0.29, 0.717) is 28.9 Å². The molecule has 30 heavy (non-hydrogen) atoms. The first kappa shape index (κ1) is 20.3. The summed E-state index contributed by atoms with van der Waals surface area (Å²) in [7, 11) is 3.10. The molecular weight excluding hydrogens is 380 g/mol.